The van der Waals surface area contributed by atoms with Crippen LogP contribution in [0.15, 0.2) is 16.9 Å². The van der Waals surface area contributed by atoms with E-state index >= 15 is 0 Å². The summed E-state index contributed by atoms with van der Waals surface area (Å²) in [6, 6.07) is 0. The van der Waals surface area contributed by atoms with Crippen LogP contribution in [0.5, 0.6) is 0 Å². The van der Waals surface area contributed by atoms with Crippen molar-refractivity contribution in [3.05, 3.63) is 23.7 Å². The molecule has 3 rings (SSSR count). The first kappa shape index (κ1) is 13.2. The van der Waals surface area contributed by atoms with Crippen molar-refractivity contribution in [2.75, 3.05) is 6.61 Å². The molecule has 0 spiro atoms. The molecule has 1 aromatic rings. The minimum absolute atomic E-state index is 0.0255. The van der Waals surface area contributed by atoms with E-state index in [0.717, 1.165) is 18.9 Å². The van der Waals surface area contributed by atoms with Crippen LogP contribution in [0.2, 0.25) is 0 Å². The maximum absolute atomic E-state index is 6.24. The van der Waals surface area contributed by atoms with Crippen LogP contribution in [0.3, 0.4) is 0 Å². The molecule has 19 heavy (non-hydrogen) atoms. The fraction of sp³-hybridized carbons (Fsp3) is 0.765. The van der Waals surface area contributed by atoms with E-state index in [-0.39, 0.29) is 5.60 Å². The molecular weight excluding hydrogens is 236 g/mol. The lowest BCUT2D eigenvalue weighted by atomic mass is 9.78. The van der Waals surface area contributed by atoms with Crippen LogP contribution in [0.4, 0.5) is 0 Å². The predicted molar refractivity (Wildman–Crippen MR) is 76.1 cm³/mol. The molecule has 1 aromatic heterocycles. The summed E-state index contributed by atoms with van der Waals surface area (Å²) in [5.74, 6) is 1.42. The lowest BCUT2D eigenvalue weighted by Gasteiger charge is -2.37. The molecule has 0 unspecified atom stereocenters. The van der Waals surface area contributed by atoms with Crippen LogP contribution in [-0.2, 0) is 17.6 Å². The number of fused-ring (bicyclic) bond motifs is 2. The van der Waals surface area contributed by atoms with Gasteiger partial charge in [-0.3, -0.25) is 0 Å². The molecule has 2 heteroatoms. The third-order valence-electron chi connectivity index (χ3n) is 5.27. The fourth-order valence-electron chi connectivity index (χ4n) is 4.59. The predicted octanol–water partition coefficient (Wildman–Crippen LogP) is 4.23. The highest BCUT2D eigenvalue weighted by molar-refractivity contribution is 5.27. The van der Waals surface area contributed by atoms with Gasteiger partial charge in [-0.2, -0.15) is 0 Å². The summed E-state index contributed by atoms with van der Waals surface area (Å²) in [7, 11) is 0. The summed E-state index contributed by atoms with van der Waals surface area (Å²) in [6.07, 6.45) is 8.65. The molecule has 3 atom stereocenters. The van der Waals surface area contributed by atoms with Crippen molar-refractivity contribution in [2.45, 2.75) is 59.0 Å². The monoisotopic (exact) mass is 262 g/mol. The highest BCUT2D eigenvalue weighted by Crippen LogP contribution is 2.53. The van der Waals surface area contributed by atoms with Crippen molar-refractivity contribution in [3.8, 4) is 0 Å². The van der Waals surface area contributed by atoms with E-state index in [0.29, 0.717) is 11.3 Å². The van der Waals surface area contributed by atoms with Gasteiger partial charge >= 0.3 is 0 Å². The average molecular weight is 262 g/mol. The molecule has 0 aliphatic heterocycles. The standard InChI is InChI=1S/C17H26O2/c1-5-19-17(4)8-14-11-18-10-13(14)6-12-7-16(2,3)9-15(12)17/h10-12,15H,5-9H2,1-4H3/t12-,15+,17+/m1/s1. The van der Waals surface area contributed by atoms with Crippen molar-refractivity contribution < 1.29 is 9.15 Å². The Kier molecular flexibility index (Phi) is 3.05. The Balaban J connectivity index is 1.98. The van der Waals surface area contributed by atoms with Gasteiger partial charge < -0.3 is 9.15 Å². The van der Waals surface area contributed by atoms with E-state index in [9.17, 15) is 0 Å². The topological polar surface area (TPSA) is 22.4 Å². The van der Waals surface area contributed by atoms with Crippen molar-refractivity contribution in [3.63, 3.8) is 0 Å². The molecule has 0 amide bonds. The van der Waals surface area contributed by atoms with Crippen LogP contribution in [0.1, 0.15) is 51.7 Å². The van der Waals surface area contributed by atoms with Gasteiger partial charge in [0.2, 0.25) is 0 Å². The zero-order valence-corrected chi connectivity index (χ0v) is 12.7. The maximum atomic E-state index is 6.24. The first-order valence-corrected chi connectivity index (χ1v) is 7.61. The molecule has 1 heterocycles. The van der Waals surface area contributed by atoms with Gasteiger partial charge in [-0.1, -0.05) is 13.8 Å². The quantitative estimate of drug-likeness (QED) is 0.796. The van der Waals surface area contributed by atoms with E-state index in [2.05, 4.69) is 27.7 Å². The van der Waals surface area contributed by atoms with E-state index in [1.807, 2.05) is 12.5 Å². The molecule has 0 aromatic carbocycles. The molecule has 2 aliphatic rings. The third kappa shape index (κ3) is 2.24. The van der Waals surface area contributed by atoms with Crippen LogP contribution in [0, 0.1) is 17.3 Å². The van der Waals surface area contributed by atoms with Crippen molar-refractivity contribution >= 4 is 0 Å². The Hall–Kier alpha value is -0.760. The smallest absolute Gasteiger partial charge is 0.0938 e. The summed E-state index contributed by atoms with van der Waals surface area (Å²) in [4.78, 5) is 0. The Labute approximate surface area is 116 Å². The third-order valence-corrected chi connectivity index (χ3v) is 5.27. The number of furan rings is 1. The molecule has 0 radical (unpaired) electrons. The summed E-state index contributed by atoms with van der Waals surface area (Å²) in [5.41, 5.74) is 3.20. The zero-order chi connectivity index (χ0) is 13.7. The highest BCUT2D eigenvalue weighted by Gasteiger charge is 2.50. The number of ether oxygens (including phenoxy) is 1. The average Bonchev–Trinajstić information content (AvgIpc) is 2.82. The molecule has 1 fully saturated rings. The van der Waals surface area contributed by atoms with Gasteiger partial charge in [0.25, 0.3) is 0 Å². The van der Waals surface area contributed by atoms with Gasteiger partial charge in [0.1, 0.15) is 0 Å². The Morgan fingerprint density at radius 2 is 1.95 bits per heavy atom. The van der Waals surface area contributed by atoms with E-state index in [4.69, 9.17) is 9.15 Å². The molecule has 2 nitrogen and oxygen atoms in total. The minimum Gasteiger partial charge on any atom is -0.472 e. The maximum Gasteiger partial charge on any atom is 0.0938 e. The van der Waals surface area contributed by atoms with Gasteiger partial charge in [-0.05, 0) is 61.5 Å². The second kappa shape index (κ2) is 4.37. The summed E-state index contributed by atoms with van der Waals surface area (Å²) in [6.45, 7) is 10.0. The number of rotatable bonds is 2. The fourth-order valence-corrected chi connectivity index (χ4v) is 4.59. The molecule has 1 saturated carbocycles. The van der Waals surface area contributed by atoms with E-state index in [1.165, 1.54) is 30.4 Å². The summed E-state index contributed by atoms with van der Waals surface area (Å²) in [5, 5.41) is 0. The van der Waals surface area contributed by atoms with Gasteiger partial charge in [0.15, 0.2) is 0 Å². The lowest BCUT2D eigenvalue weighted by Crippen LogP contribution is -2.41. The number of hydrogen-bond acceptors (Lipinski definition) is 2. The summed E-state index contributed by atoms with van der Waals surface area (Å²) < 4.78 is 11.7. The van der Waals surface area contributed by atoms with Crippen LogP contribution in [0.25, 0.3) is 0 Å². The Bertz CT molecular complexity index is 460. The molecule has 0 N–H and O–H groups in total. The van der Waals surface area contributed by atoms with Gasteiger partial charge in [-0.25, -0.2) is 0 Å². The van der Waals surface area contributed by atoms with E-state index < -0.39 is 0 Å². The second-order valence-corrected chi connectivity index (χ2v) is 7.49. The minimum atomic E-state index is -0.0255. The normalized spacial score (nSPS) is 36.6. The Morgan fingerprint density at radius 3 is 2.68 bits per heavy atom. The highest BCUT2D eigenvalue weighted by atomic mass is 16.5. The van der Waals surface area contributed by atoms with Gasteiger partial charge in [0, 0.05) is 13.0 Å². The van der Waals surface area contributed by atoms with Crippen molar-refractivity contribution in [1.29, 1.82) is 0 Å². The van der Waals surface area contributed by atoms with Gasteiger partial charge in [-0.15, -0.1) is 0 Å². The largest absolute Gasteiger partial charge is 0.472 e. The Morgan fingerprint density at radius 1 is 1.21 bits per heavy atom. The lowest BCUT2D eigenvalue weighted by molar-refractivity contribution is -0.0783. The van der Waals surface area contributed by atoms with Crippen LogP contribution >= 0.6 is 0 Å². The first-order chi connectivity index (χ1) is 8.93. The molecular formula is C17H26O2. The zero-order valence-electron chi connectivity index (χ0n) is 12.7. The first-order valence-electron chi connectivity index (χ1n) is 7.61. The number of hydrogen-bond donors (Lipinski definition) is 0. The van der Waals surface area contributed by atoms with Crippen molar-refractivity contribution in [2.24, 2.45) is 17.3 Å². The van der Waals surface area contributed by atoms with Crippen LogP contribution < -0.4 is 0 Å². The molecule has 2 aliphatic carbocycles. The van der Waals surface area contributed by atoms with Crippen molar-refractivity contribution in [1.82, 2.24) is 0 Å². The molecule has 0 saturated heterocycles. The van der Waals surface area contributed by atoms with Gasteiger partial charge in [0.05, 0.1) is 18.1 Å². The molecule has 106 valence electrons. The second-order valence-electron chi connectivity index (χ2n) is 7.49. The SMILES string of the molecule is CCO[C@@]1(C)Cc2cocc2C[C@@H]2CC(C)(C)C[C@@H]21. The van der Waals surface area contributed by atoms with Crippen LogP contribution in [-0.4, -0.2) is 12.2 Å². The molecule has 0 bridgehead atoms. The van der Waals surface area contributed by atoms with E-state index in [1.54, 1.807) is 0 Å². The summed E-state index contributed by atoms with van der Waals surface area (Å²) >= 11 is 0.